The number of hydrogen-bond acceptors (Lipinski definition) is 4. The van der Waals surface area contributed by atoms with E-state index >= 15 is 0 Å². The van der Waals surface area contributed by atoms with Crippen LogP contribution in [0.1, 0.15) is 18.4 Å². The van der Waals surface area contributed by atoms with Crippen LogP contribution in [0.3, 0.4) is 0 Å². The second kappa shape index (κ2) is 11.7. The van der Waals surface area contributed by atoms with Crippen molar-refractivity contribution in [3.05, 3.63) is 35.4 Å². The molecule has 29 heavy (non-hydrogen) atoms. The quantitative estimate of drug-likeness (QED) is 0.382. The summed E-state index contributed by atoms with van der Waals surface area (Å²) in [7, 11) is 5.03. The molecule has 0 aromatic heterocycles. The number of guanidine groups is 1. The third-order valence-electron chi connectivity index (χ3n) is 4.79. The van der Waals surface area contributed by atoms with Gasteiger partial charge in [0, 0.05) is 53.4 Å². The first kappa shape index (κ1) is 23.0. The minimum absolute atomic E-state index is 0.0702. The summed E-state index contributed by atoms with van der Waals surface area (Å²) in [6.07, 6.45) is 1.77. The number of hydrogen-bond donors (Lipinski definition) is 2. The van der Waals surface area contributed by atoms with Crippen LogP contribution in [0.15, 0.2) is 23.2 Å². The monoisotopic (exact) mass is 411 g/mol. The molecule has 1 aromatic rings. The minimum Gasteiger partial charge on any atom is -0.383 e. The van der Waals surface area contributed by atoms with Crippen LogP contribution in [0.2, 0.25) is 0 Å². The average Bonchev–Trinajstić information content (AvgIpc) is 2.70. The van der Waals surface area contributed by atoms with Gasteiger partial charge in [-0.25, -0.2) is 13.8 Å². The second-order valence-corrected chi connectivity index (χ2v) is 7.32. The van der Waals surface area contributed by atoms with Crippen molar-refractivity contribution in [3.63, 3.8) is 0 Å². The van der Waals surface area contributed by atoms with Crippen LogP contribution in [0.4, 0.5) is 8.78 Å². The minimum atomic E-state index is -0.822. The zero-order valence-electron chi connectivity index (χ0n) is 17.4. The van der Waals surface area contributed by atoms with E-state index in [9.17, 15) is 13.6 Å². The highest BCUT2D eigenvalue weighted by atomic mass is 19.2. The topological polar surface area (TPSA) is 69.2 Å². The summed E-state index contributed by atoms with van der Waals surface area (Å²) in [6.45, 7) is 3.46. The number of benzene rings is 1. The molecule has 1 saturated heterocycles. The number of carbonyl (C=O) groups is 1. The van der Waals surface area contributed by atoms with Gasteiger partial charge in [-0.3, -0.25) is 9.69 Å². The normalized spacial score (nSPS) is 16.0. The summed E-state index contributed by atoms with van der Waals surface area (Å²) >= 11 is 0. The molecule has 1 heterocycles. The molecule has 0 atom stereocenters. The molecule has 0 saturated carbocycles. The Kier molecular flexibility index (Phi) is 9.27. The predicted octanol–water partition coefficient (Wildman–Crippen LogP) is 1.20. The lowest BCUT2D eigenvalue weighted by atomic mass is 10.0. The average molecular weight is 411 g/mol. The van der Waals surface area contributed by atoms with Crippen molar-refractivity contribution in [3.8, 4) is 0 Å². The number of halogens is 2. The lowest BCUT2D eigenvalue weighted by molar-refractivity contribution is -0.127. The molecule has 0 radical (unpaired) electrons. The number of nitrogens with one attached hydrogen (secondary N) is 2. The van der Waals surface area contributed by atoms with Crippen LogP contribution < -0.4 is 10.6 Å². The van der Waals surface area contributed by atoms with Gasteiger partial charge in [0.15, 0.2) is 17.6 Å². The van der Waals surface area contributed by atoms with Gasteiger partial charge in [-0.1, -0.05) is 6.07 Å². The fourth-order valence-electron chi connectivity index (χ4n) is 3.04. The van der Waals surface area contributed by atoms with Gasteiger partial charge in [-0.15, -0.1) is 0 Å². The second-order valence-electron chi connectivity index (χ2n) is 7.32. The first-order chi connectivity index (χ1) is 13.9. The summed E-state index contributed by atoms with van der Waals surface area (Å²) in [4.78, 5) is 19.9. The first-order valence-corrected chi connectivity index (χ1v) is 9.79. The standard InChI is InChI=1S/C20H31F2N5O2/c1-26(2)19(28)13-24-20(23-8-11-29-3)25-16-6-9-27(10-7-16)14-15-4-5-17(21)18(22)12-15/h4-5,12,16H,6-11,13-14H2,1-3H3,(H2,23,24,25). The van der Waals surface area contributed by atoms with E-state index in [1.165, 1.54) is 17.0 Å². The van der Waals surface area contributed by atoms with E-state index in [1.54, 1.807) is 27.3 Å². The molecule has 0 unspecified atom stereocenters. The third-order valence-corrected chi connectivity index (χ3v) is 4.79. The first-order valence-electron chi connectivity index (χ1n) is 9.79. The van der Waals surface area contributed by atoms with Crippen LogP contribution in [0.25, 0.3) is 0 Å². The number of nitrogens with zero attached hydrogens (tertiary/aromatic N) is 3. The lowest BCUT2D eigenvalue weighted by Gasteiger charge is -2.33. The van der Waals surface area contributed by atoms with Gasteiger partial charge in [0.1, 0.15) is 6.54 Å². The summed E-state index contributed by atoms with van der Waals surface area (Å²) < 4.78 is 31.5. The Morgan fingerprint density at radius 3 is 2.62 bits per heavy atom. The molecule has 7 nitrogen and oxygen atoms in total. The van der Waals surface area contributed by atoms with E-state index < -0.39 is 11.6 Å². The number of aliphatic imine (C=N–C) groups is 1. The van der Waals surface area contributed by atoms with Gasteiger partial charge >= 0.3 is 0 Å². The molecule has 0 bridgehead atoms. The van der Waals surface area contributed by atoms with E-state index in [4.69, 9.17) is 4.74 Å². The van der Waals surface area contributed by atoms with Crippen molar-refractivity contribution in [2.45, 2.75) is 25.4 Å². The molecule has 1 amide bonds. The summed E-state index contributed by atoms with van der Waals surface area (Å²) in [5.74, 6) is -1.11. The number of carbonyl (C=O) groups excluding carboxylic acids is 1. The highest BCUT2D eigenvalue weighted by Gasteiger charge is 2.20. The smallest absolute Gasteiger partial charge is 0.243 e. The number of amides is 1. The van der Waals surface area contributed by atoms with Crippen LogP contribution in [-0.2, 0) is 16.1 Å². The Hall–Kier alpha value is -2.26. The van der Waals surface area contributed by atoms with Crippen molar-refractivity contribution < 1.29 is 18.3 Å². The molecule has 0 aliphatic carbocycles. The number of piperidine rings is 1. The van der Waals surface area contributed by atoms with E-state index in [2.05, 4.69) is 20.5 Å². The predicted molar refractivity (Wildman–Crippen MR) is 109 cm³/mol. The Bertz CT molecular complexity index is 691. The van der Waals surface area contributed by atoms with Gasteiger partial charge in [0.05, 0.1) is 6.61 Å². The number of rotatable bonds is 8. The van der Waals surface area contributed by atoms with Crippen LogP contribution in [-0.4, -0.2) is 81.7 Å². The molecular formula is C20H31F2N5O2. The van der Waals surface area contributed by atoms with Crippen molar-refractivity contribution in [1.29, 1.82) is 0 Å². The maximum absolute atomic E-state index is 13.4. The molecule has 162 valence electrons. The number of methoxy groups -OCH3 is 1. The molecule has 2 rings (SSSR count). The highest BCUT2D eigenvalue weighted by molar-refractivity contribution is 5.84. The molecule has 0 spiro atoms. The van der Waals surface area contributed by atoms with Crippen LogP contribution in [0, 0.1) is 11.6 Å². The Balaban J connectivity index is 1.85. The van der Waals surface area contributed by atoms with E-state index in [1.807, 2.05) is 0 Å². The van der Waals surface area contributed by atoms with Gasteiger partial charge in [-0.05, 0) is 30.5 Å². The third kappa shape index (κ3) is 7.94. The number of likely N-dealkylation sites (N-methyl/N-ethyl adjacent to an activating group) is 1. The van der Waals surface area contributed by atoms with E-state index in [-0.39, 0.29) is 18.5 Å². The maximum Gasteiger partial charge on any atom is 0.243 e. The summed E-state index contributed by atoms with van der Waals surface area (Å²) in [6, 6.07) is 4.27. The molecule has 1 aliphatic heterocycles. The summed E-state index contributed by atoms with van der Waals surface area (Å²) in [5, 5.41) is 6.56. The van der Waals surface area contributed by atoms with E-state index in [0.717, 1.165) is 31.5 Å². The molecule has 1 aromatic carbocycles. The zero-order valence-corrected chi connectivity index (χ0v) is 17.4. The number of ether oxygens (including phenoxy) is 1. The molecule has 2 N–H and O–H groups in total. The Morgan fingerprint density at radius 1 is 1.28 bits per heavy atom. The van der Waals surface area contributed by atoms with Crippen molar-refractivity contribution in [2.24, 2.45) is 4.99 Å². The molecule has 1 fully saturated rings. The van der Waals surface area contributed by atoms with Crippen molar-refractivity contribution in [1.82, 2.24) is 20.4 Å². The Labute approximate surface area is 171 Å². The molecule has 1 aliphatic rings. The van der Waals surface area contributed by atoms with Gasteiger partial charge in [-0.2, -0.15) is 0 Å². The fourth-order valence-corrected chi connectivity index (χ4v) is 3.04. The molecular weight excluding hydrogens is 380 g/mol. The van der Waals surface area contributed by atoms with E-state index in [0.29, 0.717) is 25.7 Å². The summed E-state index contributed by atoms with van der Waals surface area (Å²) in [5.41, 5.74) is 0.765. The van der Waals surface area contributed by atoms with Crippen LogP contribution in [0.5, 0.6) is 0 Å². The maximum atomic E-state index is 13.4. The fraction of sp³-hybridized carbons (Fsp3) is 0.600. The largest absolute Gasteiger partial charge is 0.383 e. The van der Waals surface area contributed by atoms with Gasteiger partial charge in [0.2, 0.25) is 5.91 Å². The SMILES string of the molecule is COCCNC(=NCC(=O)N(C)C)NC1CCN(Cc2ccc(F)c(F)c2)CC1. The van der Waals surface area contributed by atoms with Gasteiger partial charge in [0.25, 0.3) is 0 Å². The lowest BCUT2D eigenvalue weighted by Crippen LogP contribution is -2.49. The van der Waals surface area contributed by atoms with Gasteiger partial charge < -0.3 is 20.3 Å². The molecule has 9 heteroatoms. The number of likely N-dealkylation sites (tertiary alicyclic amines) is 1. The van der Waals surface area contributed by atoms with Crippen molar-refractivity contribution >= 4 is 11.9 Å². The highest BCUT2D eigenvalue weighted by Crippen LogP contribution is 2.16. The van der Waals surface area contributed by atoms with Crippen LogP contribution >= 0.6 is 0 Å². The van der Waals surface area contributed by atoms with Crippen molar-refractivity contribution in [2.75, 3.05) is 54.0 Å². The Morgan fingerprint density at radius 2 is 2.00 bits per heavy atom. The zero-order chi connectivity index (χ0) is 21.2.